The number of hydrogen-bond donors (Lipinski definition) is 3. The molecule has 3 saturated carbocycles. The van der Waals surface area contributed by atoms with Gasteiger partial charge in [-0.2, -0.15) is 5.10 Å². The van der Waals surface area contributed by atoms with Gasteiger partial charge in [0.15, 0.2) is 0 Å². The standard InChI is InChI=1S/C36H39FN4O3S/c1-20(32-40-27-6-4-5-7-30(27)45-32)39-33(43)36(44)15-14-26-25-13-8-22-16-28-21(19-38-41(28)24-11-9-23(37)10-12-24)17-34(22,2)31(25)29(42)18-35(26,36)3/h4-7,9-12,16,19-20,25-26,29,31,42,44H,8,13-15,17-18H2,1-3H3,(H,39,43). The summed E-state index contributed by atoms with van der Waals surface area (Å²) in [5.41, 5.74) is 2.63. The van der Waals surface area contributed by atoms with Crippen LogP contribution in [0.25, 0.3) is 22.0 Å². The molecule has 4 aromatic rings. The molecule has 4 aliphatic carbocycles. The summed E-state index contributed by atoms with van der Waals surface area (Å²) < 4.78 is 16.6. The number of aliphatic hydroxyl groups excluding tert-OH is 1. The number of benzene rings is 2. The molecule has 9 heteroatoms. The lowest BCUT2D eigenvalue weighted by molar-refractivity contribution is -0.181. The number of nitrogens with one attached hydrogen (secondary N) is 1. The van der Waals surface area contributed by atoms with E-state index in [-0.39, 0.29) is 40.9 Å². The van der Waals surface area contributed by atoms with E-state index in [1.54, 1.807) is 23.5 Å². The van der Waals surface area contributed by atoms with Gasteiger partial charge in [-0.05, 0) is 117 Å². The average Bonchev–Trinajstić information content (AvgIpc) is 3.70. The first-order valence-corrected chi connectivity index (χ1v) is 16.9. The minimum Gasteiger partial charge on any atom is -0.393 e. The summed E-state index contributed by atoms with van der Waals surface area (Å²) >= 11 is 1.56. The van der Waals surface area contributed by atoms with Gasteiger partial charge < -0.3 is 15.5 Å². The number of halogens is 1. The van der Waals surface area contributed by atoms with Crippen LogP contribution in [0.3, 0.4) is 0 Å². The van der Waals surface area contributed by atoms with Crippen molar-refractivity contribution in [3.8, 4) is 5.69 Å². The number of aliphatic hydroxyl groups is 2. The number of nitrogens with zero attached hydrogens (tertiary/aromatic N) is 3. The zero-order valence-electron chi connectivity index (χ0n) is 25.8. The van der Waals surface area contributed by atoms with Crippen LogP contribution < -0.4 is 5.32 Å². The summed E-state index contributed by atoms with van der Waals surface area (Å²) in [6, 6.07) is 14.0. The number of carbonyl (C=O) groups excluding carboxylic acids is 1. The number of para-hydroxylation sites is 1. The van der Waals surface area contributed by atoms with Crippen molar-refractivity contribution in [3.63, 3.8) is 0 Å². The Balaban J connectivity index is 1.06. The van der Waals surface area contributed by atoms with Crippen LogP contribution in [0, 0.1) is 34.4 Å². The molecular weight excluding hydrogens is 587 g/mol. The molecule has 8 atom stereocenters. The fourth-order valence-electron chi connectivity index (χ4n) is 9.80. The van der Waals surface area contributed by atoms with Gasteiger partial charge in [0, 0.05) is 5.41 Å². The van der Waals surface area contributed by atoms with Crippen molar-refractivity contribution in [1.82, 2.24) is 20.1 Å². The third-order valence-corrected chi connectivity index (χ3v) is 13.3. The van der Waals surface area contributed by atoms with E-state index in [1.807, 2.05) is 49.0 Å². The van der Waals surface area contributed by atoms with Crippen LogP contribution in [-0.2, 0) is 11.2 Å². The van der Waals surface area contributed by atoms with Gasteiger partial charge in [0.1, 0.15) is 16.4 Å². The normalized spacial score (nSPS) is 34.3. The van der Waals surface area contributed by atoms with Gasteiger partial charge in [-0.25, -0.2) is 14.1 Å². The summed E-state index contributed by atoms with van der Waals surface area (Å²) in [5, 5.41) is 32.8. The van der Waals surface area contributed by atoms with Crippen LogP contribution in [0.5, 0.6) is 0 Å². The molecule has 8 unspecified atom stereocenters. The van der Waals surface area contributed by atoms with Gasteiger partial charge in [-0.15, -0.1) is 11.3 Å². The van der Waals surface area contributed by atoms with Crippen molar-refractivity contribution >= 4 is 33.5 Å². The largest absolute Gasteiger partial charge is 0.393 e. The molecule has 0 spiro atoms. The van der Waals surface area contributed by atoms with Gasteiger partial charge >= 0.3 is 0 Å². The Hall–Kier alpha value is -3.40. The smallest absolute Gasteiger partial charge is 0.253 e. The van der Waals surface area contributed by atoms with E-state index in [0.29, 0.717) is 12.8 Å². The molecule has 1 amide bonds. The lowest BCUT2D eigenvalue weighted by Gasteiger charge is -2.60. The maximum Gasteiger partial charge on any atom is 0.253 e. The van der Waals surface area contributed by atoms with E-state index >= 15 is 0 Å². The highest BCUT2D eigenvalue weighted by molar-refractivity contribution is 7.18. The number of thiazole rings is 1. The fourth-order valence-corrected chi connectivity index (χ4v) is 10.8. The Morgan fingerprint density at radius 1 is 1.16 bits per heavy atom. The van der Waals surface area contributed by atoms with Gasteiger partial charge in [-0.3, -0.25) is 4.79 Å². The maximum absolute atomic E-state index is 14.0. The molecule has 0 bridgehead atoms. The summed E-state index contributed by atoms with van der Waals surface area (Å²) in [5.74, 6) is -0.298. The zero-order valence-corrected chi connectivity index (χ0v) is 26.6. The number of aromatic nitrogens is 3. The van der Waals surface area contributed by atoms with Crippen LogP contribution in [0.2, 0.25) is 0 Å². The second-order valence-corrected chi connectivity index (χ2v) is 15.4. The highest BCUT2D eigenvalue weighted by atomic mass is 32.1. The van der Waals surface area contributed by atoms with E-state index in [0.717, 1.165) is 57.9 Å². The third kappa shape index (κ3) is 4.16. The Bertz CT molecular complexity index is 1820. The predicted molar refractivity (Wildman–Crippen MR) is 172 cm³/mol. The van der Waals surface area contributed by atoms with Crippen molar-refractivity contribution in [2.45, 2.75) is 77.0 Å². The van der Waals surface area contributed by atoms with Crippen LogP contribution in [0.4, 0.5) is 4.39 Å². The molecule has 3 fully saturated rings. The molecule has 3 N–H and O–H groups in total. The van der Waals surface area contributed by atoms with Crippen molar-refractivity contribution in [2.24, 2.45) is 28.6 Å². The van der Waals surface area contributed by atoms with Crippen LogP contribution in [-0.4, -0.2) is 42.6 Å². The number of carbonyl (C=O) groups is 1. The molecule has 0 saturated heterocycles. The zero-order chi connectivity index (χ0) is 31.3. The first-order valence-electron chi connectivity index (χ1n) is 16.1. The molecule has 0 radical (unpaired) electrons. The number of hydrogen-bond acceptors (Lipinski definition) is 6. The van der Waals surface area contributed by atoms with E-state index in [4.69, 9.17) is 4.98 Å². The first kappa shape index (κ1) is 29.0. The van der Waals surface area contributed by atoms with Gasteiger partial charge in [-0.1, -0.05) is 31.6 Å². The van der Waals surface area contributed by atoms with Gasteiger partial charge in [0.05, 0.1) is 39.9 Å². The molecule has 0 aliphatic heterocycles. The number of allylic oxidation sites excluding steroid dienone is 1. The highest BCUT2D eigenvalue weighted by Crippen LogP contribution is 2.67. The SMILES string of the molecule is CC(NC(=O)C1(O)CCC2C3CCC4=Cc5c(cnn5-c5ccc(F)cc5)CC4(C)C3C(O)CC21C)c1nc2ccccc2s1. The topological polar surface area (TPSA) is 100 Å². The van der Waals surface area contributed by atoms with Crippen molar-refractivity contribution < 1.29 is 19.4 Å². The van der Waals surface area contributed by atoms with Crippen molar-refractivity contribution in [2.75, 3.05) is 0 Å². The lowest BCUT2D eigenvalue weighted by Crippen LogP contribution is -2.63. The van der Waals surface area contributed by atoms with Crippen LogP contribution in [0.15, 0.2) is 60.3 Å². The Morgan fingerprint density at radius 2 is 1.93 bits per heavy atom. The van der Waals surface area contributed by atoms with Crippen LogP contribution in [0.1, 0.15) is 75.2 Å². The molecule has 45 heavy (non-hydrogen) atoms. The minimum absolute atomic E-state index is 0.0185. The predicted octanol–water partition coefficient (Wildman–Crippen LogP) is 6.38. The molecule has 234 valence electrons. The van der Waals surface area contributed by atoms with Gasteiger partial charge in [0.25, 0.3) is 5.91 Å². The summed E-state index contributed by atoms with van der Waals surface area (Å²) in [6.07, 6.45) is 7.58. The van der Waals surface area contributed by atoms with E-state index < -0.39 is 17.1 Å². The Kier molecular flexibility index (Phi) is 6.48. The summed E-state index contributed by atoms with van der Waals surface area (Å²) in [6.45, 7) is 6.24. The van der Waals surface area contributed by atoms with E-state index in [1.165, 1.54) is 17.7 Å². The number of rotatable bonds is 4. The minimum atomic E-state index is -1.57. The molecule has 2 aromatic heterocycles. The first-order chi connectivity index (χ1) is 21.5. The quantitative estimate of drug-likeness (QED) is 0.244. The molecule has 4 aliphatic rings. The number of amides is 1. The maximum atomic E-state index is 14.0. The Labute approximate surface area is 266 Å². The molecule has 2 aromatic carbocycles. The highest BCUT2D eigenvalue weighted by Gasteiger charge is 2.68. The van der Waals surface area contributed by atoms with E-state index in [2.05, 4.69) is 23.4 Å². The van der Waals surface area contributed by atoms with Crippen LogP contribution >= 0.6 is 11.3 Å². The van der Waals surface area contributed by atoms with Crippen molar-refractivity contribution in [1.29, 1.82) is 0 Å². The summed E-state index contributed by atoms with van der Waals surface area (Å²) in [4.78, 5) is 18.7. The van der Waals surface area contributed by atoms with Gasteiger partial charge in [0.2, 0.25) is 0 Å². The molecule has 8 rings (SSSR count). The number of fused-ring (bicyclic) bond motifs is 7. The Morgan fingerprint density at radius 3 is 2.71 bits per heavy atom. The van der Waals surface area contributed by atoms with Crippen molar-refractivity contribution in [3.05, 3.63) is 82.4 Å². The monoisotopic (exact) mass is 626 g/mol. The van der Waals surface area contributed by atoms with E-state index in [9.17, 15) is 19.4 Å². The molecule has 7 nitrogen and oxygen atoms in total. The lowest BCUT2D eigenvalue weighted by atomic mass is 9.45. The molecule has 2 heterocycles. The summed E-state index contributed by atoms with van der Waals surface area (Å²) in [7, 11) is 0. The second kappa shape index (κ2) is 10.0. The average molecular weight is 627 g/mol. The third-order valence-electron chi connectivity index (χ3n) is 12.1. The molecular formula is C36H39FN4O3S. The fraction of sp³-hybridized carbons (Fsp3) is 0.472. The second-order valence-electron chi connectivity index (χ2n) is 14.3.